The molecule has 1 nitrogen and oxygen atoms in total. The van der Waals surface area contributed by atoms with Crippen molar-refractivity contribution in [2.24, 2.45) is 0 Å². The van der Waals surface area contributed by atoms with Gasteiger partial charge in [-0.3, -0.25) is 0 Å². The van der Waals surface area contributed by atoms with Crippen LogP contribution in [0.5, 0.6) is 0 Å². The fourth-order valence-electron chi connectivity index (χ4n) is 1.82. The fraction of sp³-hybridized carbons (Fsp3) is 0.529. The van der Waals surface area contributed by atoms with Crippen molar-refractivity contribution in [1.29, 1.82) is 0 Å². The molecule has 0 aliphatic carbocycles. The highest BCUT2D eigenvalue weighted by Crippen LogP contribution is 2.39. The van der Waals surface area contributed by atoms with E-state index in [1.54, 1.807) is 0 Å². The van der Waals surface area contributed by atoms with Crippen LogP contribution in [0.3, 0.4) is 0 Å². The van der Waals surface area contributed by atoms with E-state index in [0.29, 0.717) is 5.92 Å². The molecule has 1 aromatic rings. The summed E-state index contributed by atoms with van der Waals surface area (Å²) >= 11 is 0. The molecule has 0 amide bonds. The zero-order valence-corrected chi connectivity index (χ0v) is 14.2. The molecule has 0 aliphatic rings. The van der Waals surface area contributed by atoms with Crippen molar-refractivity contribution >= 4 is 8.32 Å². The average Bonchev–Trinajstić information content (AvgIpc) is 2.35. The van der Waals surface area contributed by atoms with Crippen molar-refractivity contribution in [1.82, 2.24) is 0 Å². The minimum absolute atomic E-state index is 0.0864. The van der Waals surface area contributed by atoms with Gasteiger partial charge < -0.3 is 4.43 Å². The highest BCUT2D eigenvalue weighted by atomic mass is 28.4. The SMILES string of the molecule is C=C[C@H](O[Si](C)(C)C(C)(C)C)C(C)c1ccccc1. The molecule has 0 saturated carbocycles. The molecule has 1 unspecified atom stereocenters. The van der Waals surface area contributed by atoms with Gasteiger partial charge in [-0.25, -0.2) is 0 Å². The van der Waals surface area contributed by atoms with Crippen molar-refractivity contribution in [2.45, 2.75) is 57.8 Å². The largest absolute Gasteiger partial charge is 0.410 e. The van der Waals surface area contributed by atoms with Gasteiger partial charge in [-0.1, -0.05) is 64.1 Å². The van der Waals surface area contributed by atoms with Crippen LogP contribution in [-0.2, 0) is 4.43 Å². The minimum Gasteiger partial charge on any atom is -0.410 e. The number of benzene rings is 1. The molecule has 1 aromatic carbocycles. The zero-order valence-electron chi connectivity index (χ0n) is 13.2. The summed E-state index contributed by atoms with van der Waals surface area (Å²) in [5.74, 6) is 0.341. The predicted molar refractivity (Wildman–Crippen MR) is 87.1 cm³/mol. The van der Waals surface area contributed by atoms with Gasteiger partial charge >= 0.3 is 0 Å². The van der Waals surface area contributed by atoms with Crippen LogP contribution in [0.25, 0.3) is 0 Å². The first-order valence-corrected chi connectivity index (χ1v) is 9.95. The molecule has 0 spiro atoms. The lowest BCUT2D eigenvalue weighted by atomic mass is 9.96. The van der Waals surface area contributed by atoms with Crippen LogP contribution in [0, 0.1) is 0 Å². The van der Waals surface area contributed by atoms with Crippen molar-refractivity contribution in [3.8, 4) is 0 Å². The first kappa shape index (κ1) is 16.2. The monoisotopic (exact) mass is 276 g/mol. The molecule has 19 heavy (non-hydrogen) atoms. The van der Waals surface area contributed by atoms with E-state index in [2.05, 4.69) is 71.6 Å². The molecular weight excluding hydrogens is 248 g/mol. The van der Waals surface area contributed by atoms with Gasteiger partial charge in [0, 0.05) is 5.92 Å². The minimum atomic E-state index is -1.76. The molecule has 0 radical (unpaired) electrons. The van der Waals surface area contributed by atoms with Gasteiger partial charge in [-0.05, 0) is 23.7 Å². The number of rotatable bonds is 5. The van der Waals surface area contributed by atoms with E-state index in [-0.39, 0.29) is 11.1 Å². The smallest absolute Gasteiger partial charge is 0.192 e. The fourth-order valence-corrected chi connectivity index (χ4v) is 3.15. The standard InChI is InChI=1S/C17H28OSi/c1-8-16(18-19(6,7)17(3,4)5)14(2)15-12-10-9-11-13-15/h8-14,16H,1H2,2-7H3/t14?,16-/m0/s1. The molecule has 0 N–H and O–H groups in total. The second-order valence-electron chi connectivity index (χ2n) is 6.78. The van der Waals surface area contributed by atoms with Gasteiger partial charge in [0.05, 0.1) is 6.10 Å². The first-order valence-electron chi connectivity index (χ1n) is 7.04. The van der Waals surface area contributed by atoms with Crippen LogP contribution in [-0.4, -0.2) is 14.4 Å². The lowest BCUT2D eigenvalue weighted by molar-refractivity contribution is 0.201. The third kappa shape index (κ3) is 4.05. The molecule has 0 saturated heterocycles. The molecule has 0 heterocycles. The lowest BCUT2D eigenvalue weighted by Gasteiger charge is -2.40. The molecule has 2 atom stereocenters. The Morgan fingerprint density at radius 2 is 1.68 bits per heavy atom. The Balaban J connectivity index is 2.88. The van der Waals surface area contributed by atoms with E-state index < -0.39 is 8.32 Å². The summed E-state index contributed by atoms with van der Waals surface area (Å²) < 4.78 is 6.49. The molecule has 106 valence electrons. The second-order valence-corrected chi connectivity index (χ2v) is 11.5. The van der Waals surface area contributed by atoms with E-state index in [0.717, 1.165) is 0 Å². The maximum absolute atomic E-state index is 6.49. The zero-order chi connectivity index (χ0) is 14.7. The molecule has 0 bridgehead atoms. The third-order valence-electron chi connectivity index (χ3n) is 4.29. The average molecular weight is 276 g/mol. The van der Waals surface area contributed by atoms with Crippen LogP contribution in [0.1, 0.15) is 39.2 Å². The summed E-state index contributed by atoms with van der Waals surface area (Å²) in [4.78, 5) is 0. The van der Waals surface area contributed by atoms with E-state index in [1.165, 1.54) is 5.56 Å². The Bertz CT molecular complexity index is 403. The Hall–Kier alpha value is -0.863. The molecular formula is C17H28OSi. The van der Waals surface area contributed by atoms with Gasteiger partial charge in [0.25, 0.3) is 0 Å². The van der Waals surface area contributed by atoms with Gasteiger partial charge in [0.15, 0.2) is 8.32 Å². The van der Waals surface area contributed by atoms with Gasteiger partial charge in [0.1, 0.15) is 0 Å². The van der Waals surface area contributed by atoms with Gasteiger partial charge in [-0.2, -0.15) is 0 Å². The molecule has 1 rings (SSSR count). The first-order chi connectivity index (χ1) is 8.69. The van der Waals surface area contributed by atoms with Crippen LogP contribution < -0.4 is 0 Å². The molecule has 0 fully saturated rings. The van der Waals surface area contributed by atoms with Crippen molar-refractivity contribution in [2.75, 3.05) is 0 Å². The summed E-state index contributed by atoms with van der Waals surface area (Å²) in [7, 11) is -1.76. The van der Waals surface area contributed by atoms with Gasteiger partial charge in [0.2, 0.25) is 0 Å². The summed E-state index contributed by atoms with van der Waals surface area (Å²) in [5.41, 5.74) is 1.31. The maximum atomic E-state index is 6.49. The Labute approximate surface area is 119 Å². The van der Waals surface area contributed by atoms with Crippen LogP contribution in [0.4, 0.5) is 0 Å². The summed E-state index contributed by atoms with van der Waals surface area (Å²) in [6, 6.07) is 10.5. The number of hydrogen-bond acceptors (Lipinski definition) is 1. The Kier molecular flexibility index (Phi) is 5.16. The quantitative estimate of drug-likeness (QED) is 0.519. The molecule has 2 heteroatoms. The highest BCUT2D eigenvalue weighted by Gasteiger charge is 2.39. The molecule has 0 aromatic heterocycles. The summed E-state index contributed by atoms with van der Waals surface area (Å²) in [6.45, 7) is 17.6. The second kappa shape index (κ2) is 6.06. The lowest BCUT2D eigenvalue weighted by Crippen LogP contribution is -2.44. The highest BCUT2D eigenvalue weighted by molar-refractivity contribution is 6.74. The number of hydrogen-bond donors (Lipinski definition) is 0. The van der Waals surface area contributed by atoms with Gasteiger partial charge in [-0.15, -0.1) is 6.58 Å². The van der Waals surface area contributed by atoms with Crippen molar-refractivity contribution in [3.05, 3.63) is 48.6 Å². The van der Waals surface area contributed by atoms with E-state index in [9.17, 15) is 0 Å². The van der Waals surface area contributed by atoms with E-state index in [1.807, 2.05) is 12.1 Å². The Morgan fingerprint density at radius 3 is 2.11 bits per heavy atom. The summed E-state index contributed by atoms with van der Waals surface area (Å²) in [6.07, 6.45) is 2.04. The Morgan fingerprint density at radius 1 is 1.16 bits per heavy atom. The normalized spacial score (nSPS) is 15.9. The molecule has 0 aliphatic heterocycles. The van der Waals surface area contributed by atoms with Crippen molar-refractivity contribution < 1.29 is 4.43 Å². The maximum Gasteiger partial charge on any atom is 0.192 e. The van der Waals surface area contributed by atoms with Crippen LogP contribution in [0.2, 0.25) is 18.1 Å². The predicted octanol–water partition coefficient (Wildman–Crippen LogP) is 5.37. The van der Waals surface area contributed by atoms with E-state index in [4.69, 9.17) is 4.43 Å². The third-order valence-corrected chi connectivity index (χ3v) is 8.76. The van der Waals surface area contributed by atoms with E-state index >= 15 is 0 Å². The summed E-state index contributed by atoms with van der Waals surface area (Å²) in [5, 5.41) is 0.227. The topological polar surface area (TPSA) is 9.23 Å². The van der Waals surface area contributed by atoms with Crippen molar-refractivity contribution in [3.63, 3.8) is 0 Å². The van der Waals surface area contributed by atoms with Crippen LogP contribution >= 0.6 is 0 Å². The van der Waals surface area contributed by atoms with Crippen LogP contribution in [0.15, 0.2) is 43.0 Å².